The second-order valence-electron chi connectivity index (χ2n) is 5.04. The summed E-state index contributed by atoms with van der Waals surface area (Å²) in [5.41, 5.74) is 1.28. The Morgan fingerprint density at radius 3 is 2.81 bits per heavy atom. The lowest BCUT2D eigenvalue weighted by Crippen LogP contribution is -2.33. The highest BCUT2D eigenvalue weighted by atomic mass is 16.5. The number of hydrogen-bond donors (Lipinski definition) is 0. The van der Waals surface area contributed by atoms with E-state index in [0.29, 0.717) is 6.04 Å². The molecule has 0 radical (unpaired) electrons. The van der Waals surface area contributed by atoms with Crippen LogP contribution in [0.2, 0.25) is 0 Å². The Morgan fingerprint density at radius 1 is 1.25 bits per heavy atom. The predicted molar refractivity (Wildman–Crippen MR) is 64.2 cm³/mol. The van der Waals surface area contributed by atoms with Gasteiger partial charge in [0.15, 0.2) is 0 Å². The van der Waals surface area contributed by atoms with Crippen molar-refractivity contribution in [2.45, 2.75) is 25.5 Å². The fourth-order valence-electron chi connectivity index (χ4n) is 2.98. The first-order valence-electron chi connectivity index (χ1n) is 6.27. The molecule has 0 spiro atoms. The van der Waals surface area contributed by atoms with E-state index in [2.05, 4.69) is 29.2 Å². The van der Waals surface area contributed by atoms with Gasteiger partial charge in [0.2, 0.25) is 0 Å². The van der Waals surface area contributed by atoms with Crippen molar-refractivity contribution in [1.29, 1.82) is 0 Å². The quantitative estimate of drug-likeness (QED) is 0.767. The molecule has 86 valence electrons. The van der Waals surface area contributed by atoms with Crippen LogP contribution in [0.25, 0.3) is 0 Å². The average Bonchev–Trinajstić information content (AvgIpc) is 2.92. The predicted octanol–water partition coefficient (Wildman–Crippen LogP) is 2.30. The number of benzene rings is 1. The van der Waals surface area contributed by atoms with Crippen LogP contribution in [0, 0.1) is 5.92 Å². The summed E-state index contributed by atoms with van der Waals surface area (Å²) < 4.78 is 5.81. The molecule has 1 aromatic rings. The topological polar surface area (TPSA) is 12.5 Å². The van der Waals surface area contributed by atoms with Gasteiger partial charge in [-0.25, -0.2) is 0 Å². The van der Waals surface area contributed by atoms with Crippen molar-refractivity contribution < 1.29 is 4.74 Å². The average molecular weight is 217 g/mol. The smallest absolute Gasteiger partial charge is 0.0717 e. The van der Waals surface area contributed by atoms with Gasteiger partial charge in [-0.1, -0.05) is 30.3 Å². The number of piperidine rings is 1. The highest BCUT2D eigenvalue weighted by Gasteiger charge is 2.37. The number of rotatable bonds is 4. The molecule has 0 aromatic heterocycles. The molecule has 3 rings (SSSR count). The van der Waals surface area contributed by atoms with Gasteiger partial charge in [0, 0.05) is 12.6 Å². The third kappa shape index (κ3) is 2.13. The third-order valence-electron chi connectivity index (χ3n) is 3.86. The Bertz CT molecular complexity index is 338. The zero-order chi connectivity index (χ0) is 10.8. The number of ether oxygens (including phenoxy) is 1. The van der Waals surface area contributed by atoms with E-state index in [0.717, 1.165) is 19.1 Å². The molecule has 2 saturated heterocycles. The molecule has 0 saturated carbocycles. The number of nitrogens with zero attached hydrogens (tertiary/aromatic N) is 1. The molecule has 0 aliphatic carbocycles. The zero-order valence-corrected chi connectivity index (χ0v) is 9.64. The maximum absolute atomic E-state index is 5.81. The van der Waals surface area contributed by atoms with E-state index in [9.17, 15) is 0 Å². The first kappa shape index (κ1) is 10.3. The second-order valence-corrected chi connectivity index (χ2v) is 5.04. The molecule has 16 heavy (non-hydrogen) atoms. The van der Waals surface area contributed by atoms with Gasteiger partial charge in [0.1, 0.15) is 0 Å². The van der Waals surface area contributed by atoms with Crippen LogP contribution in [0.3, 0.4) is 0 Å². The fourth-order valence-corrected chi connectivity index (χ4v) is 2.98. The summed E-state index contributed by atoms with van der Waals surface area (Å²) in [6.07, 6.45) is 2.77. The van der Waals surface area contributed by atoms with Crippen LogP contribution in [0.4, 0.5) is 0 Å². The van der Waals surface area contributed by atoms with Crippen molar-refractivity contribution in [3.05, 3.63) is 35.9 Å². The van der Waals surface area contributed by atoms with Crippen LogP contribution < -0.4 is 0 Å². The van der Waals surface area contributed by atoms with E-state index in [1.165, 1.54) is 31.5 Å². The van der Waals surface area contributed by atoms with Crippen LogP contribution in [-0.4, -0.2) is 30.6 Å². The molecule has 1 aromatic carbocycles. The lowest BCUT2D eigenvalue weighted by molar-refractivity contribution is 0.0646. The molecule has 2 aliphatic rings. The van der Waals surface area contributed by atoms with Crippen molar-refractivity contribution in [1.82, 2.24) is 4.90 Å². The van der Waals surface area contributed by atoms with E-state index in [4.69, 9.17) is 4.74 Å². The number of hydrogen-bond acceptors (Lipinski definition) is 2. The van der Waals surface area contributed by atoms with Crippen molar-refractivity contribution in [2.24, 2.45) is 5.92 Å². The maximum atomic E-state index is 5.81. The Morgan fingerprint density at radius 2 is 2.12 bits per heavy atom. The minimum Gasteiger partial charge on any atom is -0.375 e. The molecule has 3 atom stereocenters. The normalized spacial score (nSPS) is 32.1. The molecule has 2 fully saturated rings. The van der Waals surface area contributed by atoms with E-state index in [1.54, 1.807) is 0 Å². The molecule has 3 unspecified atom stereocenters. The SMILES string of the molecule is c1ccc(COCC2CC3CCN2C3)cc1. The molecule has 2 heteroatoms. The summed E-state index contributed by atoms with van der Waals surface area (Å²) in [4.78, 5) is 2.59. The summed E-state index contributed by atoms with van der Waals surface area (Å²) in [5, 5.41) is 0. The Labute approximate surface area is 97.2 Å². The van der Waals surface area contributed by atoms with Gasteiger partial charge in [0.25, 0.3) is 0 Å². The molecule has 2 heterocycles. The van der Waals surface area contributed by atoms with E-state index in [1.807, 2.05) is 6.07 Å². The van der Waals surface area contributed by atoms with E-state index in [-0.39, 0.29) is 0 Å². The van der Waals surface area contributed by atoms with Gasteiger partial charge < -0.3 is 4.74 Å². The summed E-state index contributed by atoms with van der Waals surface area (Å²) in [6, 6.07) is 11.1. The van der Waals surface area contributed by atoms with Crippen molar-refractivity contribution in [3.8, 4) is 0 Å². The van der Waals surface area contributed by atoms with Crippen LogP contribution in [0.1, 0.15) is 18.4 Å². The fraction of sp³-hybridized carbons (Fsp3) is 0.571. The van der Waals surface area contributed by atoms with Gasteiger partial charge in [-0.2, -0.15) is 0 Å². The Hall–Kier alpha value is -0.860. The summed E-state index contributed by atoms with van der Waals surface area (Å²) >= 11 is 0. The zero-order valence-electron chi connectivity index (χ0n) is 9.64. The first-order chi connectivity index (χ1) is 7.92. The summed E-state index contributed by atoms with van der Waals surface area (Å²) in [6.45, 7) is 4.28. The highest BCUT2D eigenvalue weighted by molar-refractivity contribution is 5.13. The molecule has 0 N–H and O–H groups in total. The molecule has 2 aliphatic heterocycles. The lowest BCUT2D eigenvalue weighted by Gasteiger charge is -2.24. The standard InChI is InChI=1S/C14H19NO/c1-2-4-12(5-3-1)10-16-11-14-8-13-6-7-15(14)9-13/h1-5,13-14H,6-11H2. The van der Waals surface area contributed by atoms with Gasteiger partial charge in [-0.3, -0.25) is 4.90 Å². The highest BCUT2D eigenvalue weighted by Crippen LogP contribution is 2.32. The summed E-state index contributed by atoms with van der Waals surface area (Å²) in [5.74, 6) is 0.963. The van der Waals surface area contributed by atoms with Crippen LogP contribution in [0.5, 0.6) is 0 Å². The molecule has 2 bridgehead atoms. The third-order valence-corrected chi connectivity index (χ3v) is 3.86. The first-order valence-corrected chi connectivity index (χ1v) is 6.27. The van der Waals surface area contributed by atoms with Gasteiger partial charge in [-0.05, 0) is 30.9 Å². The van der Waals surface area contributed by atoms with Gasteiger partial charge in [0.05, 0.1) is 13.2 Å². The Balaban J connectivity index is 1.44. The van der Waals surface area contributed by atoms with E-state index >= 15 is 0 Å². The lowest BCUT2D eigenvalue weighted by atomic mass is 10.0. The molecular weight excluding hydrogens is 198 g/mol. The van der Waals surface area contributed by atoms with Crippen LogP contribution >= 0.6 is 0 Å². The largest absolute Gasteiger partial charge is 0.375 e. The van der Waals surface area contributed by atoms with Crippen LogP contribution in [-0.2, 0) is 11.3 Å². The minimum atomic E-state index is 0.697. The van der Waals surface area contributed by atoms with Crippen molar-refractivity contribution in [2.75, 3.05) is 19.7 Å². The minimum absolute atomic E-state index is 0.697. The number of fused-ring (bicyclic) bond motifs is 2. The van der Waals surface area contributed by atoms with Crippen molar-refractivity contribution in [3.63, 3.8) is 0 Å². The van der Waals surface area contributed by atoms with Gasteiger partial charge >= 0.3 is 0 Å². The molecule has 0 amide bonds. The van der Waals surface area contributed by atoms with Gasteiger partial charge in [-0.15, -0.1) is 0 Å². The molecule has 2 nitrogen and oxygen atoms in total. The maximum Gasteiger partial charge on any atom is 0.0717 e. The van der Waals surface area contributed by atoms with Crippen molar-refractivity contribution >= 4 is 0 Å². The monoisotopic (exact) mass is 217 g/mol. The molecular formula is C14H19NO. The van der Waals surface area contributed by atoms with Crippen LogP contribution in [0.15, 0.2) is 30.3 Å². The van der Waals surface area contributed by atoms with E-state index < -0.39 is 0 Å². The second kappa shape index (κ2) is 4.56. The Kier molecular flexibility index (Phi) is 2.94. The summed E-state index contributed by atoms with van der Waals surface area (Å²) in [7, 11) is 0.